The van der Waals surface area contributed by atoms with Gasteiger partial charge >= 0.3 is 12.1 Å². The third kappa shape index (κ3) is 5.09. The smallest absolute Gasteiger partial charge is 0.409 e. The number of imidazole rings is 1. The molecule has 1 amide bonds. The fourth-order valence-corrected chi connectivity index (χ4v) is 2.98. The zero-order valence-corrected chi connectivity index (χ0v) is 17.7. The van der Waals surface area contributed by atoms with Crippen molar-refractivity contribution in [2.75, 3.05) is 6.61 Å². The number of hydrogen-bond acceptors (Lipinski definition) is 5. The lowest BCUT2D eigenvalue weighted by Crippen LogP contribution is -2.51. The van der Waals surface area contributed by atoms with Crippen molar-refractivity contribution in [2.24, 2.45) is 0 Å². The van der Waals surface area contributed by atoms with Gasteiger partial charge in [-0.15, -0.1) is 0 Å². The summed E-state index contributed by atoms with van der Waals surface area (Å²) in [5, 5.41) is 2.87. The van der Waals surface area contributed by atoms with Crippen LogP contribution in [0.4, 0.5) is 4.79 Å². The quantitative estimate of drug-likeness (QED) is 0.712. The molecular weight excluding hydrogens is 414 g/mol. The second-order valence-corrected chi connectivity index (χ2v) is 7.97. The molecule has 8 heteroatoms. The molecule has 2 rings (SSSR count). The molecule has 7 nitrogen and oxygen atoms in total. The summed E-state index contributed by atoms with van der Waals surface area (Å²) >= 11 is 3.44. The van der Waals surface area contributed by atoms with E-state index in [0.29, 0.717) is 0 Å². The van der Waals surface area contributed by atoms with E-state index in [-0.39, 0.29) is 12.4 Å². The van der Waals surface area contributed by atoms with Gasteiger partial charge in [0.25, 0.3) is 0 Å². The van der Waals surface area contributed by atoms with Gasteiger partial charge in [-0.1, -0.05) is 28.1 Å². The first-order valence-corrected chi connectivity index (χ1v) is 9.34. The second kappa shape index (κ2) is 8.12. The summed E-state index contributed by atoms with van der Waals surface area (Å²) in [6.07, 6.45) is 2.48. The molecule has 1 aromatic carbocycles. The lowest BCUT2D eigenvalue weighted by molar-refractivity contribution is 0.0409. The van der Waals surface area contributed by atoms with Crippen molar-refractivity contribution in [3.8, 4) is 0 Å². The van der Waals surface area contributed by atoms with E-state index < -0.39 is 23.3 Å². The average molecular weight is 438 g/mol. The van der Waals surface area contributed by atoms with E-state index in [1.165, 1.54) is 6.20 Å². The number of carbonyl (C=O) groups excluding carboxylic acids is 2. The first kappa shape index (κ1) is 21.0. The van der Waals surface area contributed by atoms with Gasteiger partial charge in [-0.3, -0.25) is 9.88 Å². The molecule has 0 aliphatic carbocycles. The molecule has 0 aliphatic heterocycles. The van der Waals surface area contributed by atoms with Crippen LogP contribution in [0.15, 0.2) is 41.1 Å². The summed E-state index contributed by atoms with van der Waals surface area (Å²) in [5.74, 6) is -0.495. The van der Waals surface area contributed by atoms with Crippen LogP contribution in [0.3, 0.4) is 0 Å². The van der Waals surface area contributed by atoms with Crippen LogP contribution in [0.1, 0.15) is 50.8 Å². The van der Waals surface area contributed by atoms with Gasteiger partial charge in [-0.2, -0.15) is 0 Å². The largest absolute Gasteiger partial charge is 0.460 e. The van der Waals surface area contributed by atoms with Gasteiger partial charge in [-0.25, -0.2) is 14.6 Å². The Kier molecular flexibility index (Phi) is 6.30. The molecule has 0 bridgehead atoms. The topological polar surface area (TPSA) is 82.5 Å². The summed E-state index contributed by atoms with van der Waals surface area (Å²) in [6.45, 7) is 9.05. The van der Waals surface area contributed by atoms with Crippen molar-refractivity contribution >= 4 is 28.0 Å². The molecule has 1 atom stereocenters. The zero-order chi connectivity index (χ0) is 20.2. The Balaban J connectivity index is 2.53. The van der Waals surface area contributed by atoms with Crippen LogP contribution in [0.2, 0.25) is 0 Å². The Morgan fingerprint density at radius 2 is 1.96 bits per heavy atom. The van der Waals surface area contributed by atoms with Crippen molar-refractivity contribution < 1.29 is 19.1 Å². The minimum Gasteiger partial charge on any atom is -0.460 e. The number of rotatable bonds is 5. The second-order valence-electron chi connectivity index (χ2n) is 7.05. The third-order valence-electron chi connectivity index (χ3n) is 3.71. The van der Waals surface area contributed by atoms with Crippen LogP contribution in [-0.2, 0) is 15.1 Å². The number of benzene rings is 1. The molecule has 146 valence electrons. The van der Waals surface area contributed by atoms with E-state index >= 15 is 0 Å². The number of esters is 1. The predicted octanol–water partition coefficient (Wildman–Crippen LogP) is 4.07. The summed E-state index contributed by atoms with van der Waals surface area (Å²) in [4.78, 5) is 29.0. The van der Waals surface area contributed by atoms with E-state index in [0.717, 1.165) is 10.0 Å². The van der Waals surface area contributed by atoms with Gasteiger partial charge in [0.15, 0.2) is 0 Å². The summed E-state index contributed by atoms with van der Waals surface area (Å²) in [7, 11) is 0. The number of ether oxygens (including phenoxy) is 2. The Bertz CT molecular complexity index is 828. The van der Waals surface area contributed by atoms with Crippen molar-refractivity contribution in [1.29, 1.82) is 0 Å². The maximum absolute atomic E-state index is 12.5. The molecule has 0 aliphatic rings. The highest BCUT2D eigenvalue weighted by molar-refractivity contribution is 9.10. The molecule has 2 aromatic rings. The highest BCUT2D eigenvalue weighted by atomic mass is 79.9. The Hall–Kier alpha value is -2.35. The minimum absolute atomic E-state index is 0.0791. The Morgan fingerprint density at radius 3 is 2.56 bits per heavy atom. The monoisotopic (exact) mass is 437 g/mol. The maximum Gasteiger partial charge on any atom is 0.409 e. The van der Waals surface area contributed by atoms with E-state index in [2.05, 4.69) is 26.2 Å². The van der Waals surface area contributed by atoms with Crippen molar-refractivity contribution in [3.05, 3.63) is 52.5 Å². The molecule has 0 spiro atoms. The van der Waals surface area contributed by atoms with Gasteiger partial charge in [0.05, 0.1) is 6.61 Å². The van der Waals surface area contributed by atoms with Gasteiger partial charge in [0, 0.05) is 16.9 Å². The highest BCUT2D eigenvalue weighted by Gasteiger charge is 2.36. The summed E-state index contributed by atoms with van der Waals surface area (Å²) in [5.41, 5.74) is -1.07. The first-order valence-electron chi connectivity index (χ1n) is 8.55. The molecule has 27 heavy (non-hydrogen) atoms. The highest BCUT2D eigenvalue weighted by Crippen LogP contribution is 2.28. The van der Waals surface area contributed by atoms with E-state index in [1.54, 1.807) is 45.4 Å². The first-order chi connectivity index (χ1) is 12.6. The lowest BCUT2D eigenvalue weighted by atomic mass is 10.0. The molecule has 1 heterocycles. The van der Waals surface area contributed by atoms with Crippen molar-refractivity contribution in [3.63, 3.8) is 0 Å². The molecular formula is C19H24BrN3O4. The molecule has 0 fully saturated rings. The number of carbonyl (C=O) groups is 2. The van der Waals surface area contributed by atoms with Gasteiger partial charge in [-0.05, 0) is 52.3 Å². The van der Waals surface area contributed by atoms with Crippen LogP contribution in [0.25, 0.3) is 0 Å². The average Bonchev–Trinajstić information content (AvgIpc) is 3.03. The summed E-state index contributed by atoms with van der Waals surface area (Å²) in [6, 6.07) is 7.41. The van der Waals surface area contributed by atoms with Gasteiger partial charge in [0.1, 0.15) is 11.3 Å². The lowest BCUT2D eigenvalue weighted by Gasteiger charge is -2.34. The molecule has 1 aromatic heterocycles. The standard InChI is InChI=1S/C19H24BrN3O4/c1-6-26-16(24)15-21-10-11-23(15)19(5,13-8-7-9-14(20)12-13)22-17(25)27-18(2,3)4/h7-12H,6H2,1-5H3,(H,22,25). The maximum atomic E-state index is 12.5. The number of nitrogens with zero attached hydrogens (tertiary/aromatic N) is 2. The minimum atomic E-state index is -1.13. The zero-order valence-electron chi connectivity index (χ0n) is 16.1. The van der Waals surface area contributed by atoms with Crippen LogP contribution >= 0.6 is 15.9 Å². The van der Waals surface area contributed by atoms with Crippen LogP contribution in [-0.4, -0.2) is 33.8 Å². The molecule has 0 radical (unpaired) electrons. The van der Waals surface area contributed by atoms with E-state index in [4.69, 9.17) is 9.47 Å². The number of alkyl carbamates (subject to hydrolysis) is 1. The third-order valence-corrected chi connectivity index (χ3v) is 4.20. The number of aromatic nitrogens is 2. The fourth-order valence-electron chi connectivity index (χ4n) is 2.58. The molecule has 1 N–H and O–H groups in total. The Labute approximate surface area is 167 Å². The predicted molar refractivity (Wildman–Crippen MR) is 104 cm³/mol. The molecule has 1 unspecified atom stereocenters. The number of nitrogens with one attached hydrogen (secondary N) is 1. The van der Waals surface area contributed by atoms with Crippen LogP contribution in [0, 0.1) is 0 Å². The number of amides is 1. The molecule has 0 saturated heterocycles. The summed E-state index contributed by atoms with van der Waals surface area (Å²) < 4.78 is 12.9. The van der Waals surface area contributed by atoms with Gasteiger partial charge in [0.2, 0.25) is 5.82 Å². The van der Waals surface area contributed by atoms with Gasteiger partial charge < -0.3 is 9.47 Å². The Morgan fingerprint density at radius 1 is 1.26 bits per heavy atom. The van der Waals surface area contributed by atoms with Crippen LogP contribution in [0.5, 0.6) is 0 Å². The fraction of sp³-hybridized carbons (Fsp3) is 0.421. The SMILES string of the molecule is CCOC(=O)c1nccn1C(C)(NC(=O)OC(C)(C)C)c1cccc(Br)c1. The van der Waals surface area contributed by atoms with Crippen LogP contribution < -0.4 is 5.32 Å². The van der Waals surface area contributed by atoms with Crippen molar-refractivity contribution in [2.45, 2.75) is 45.9 Å². The normalized spacial score (nSPS) is 13.6. The number of halogens is 1. The van der Waals surface area contributed by atoms with E-state index in [9.17, 15) is 9.59 Å². The molecule has 0 saturated carbocycles. The number of hydrogen-bond donors (Lipinski definition) is 1. The van der Waals surface area contributed by atoms with Crippen molar-refractivity contribution in [1.82, 2.24) is 14.9 Å². The van der Waals surface area contributed by atoms with E-state index in [1.807, 2.05) is 24.3 Å².